The molecule has 0 saturated carbocycles. The number of nitrogens with one attached hydrogen (secondary N) is 1. The standard InChI is InChI=1S/C15H24BrNO2/c1-3-7-17-12-13-11-14(5-6-15(13)16)19-10-9-18-8-4-2/h5-6,11,17H,3-4,7-10,12H2,1-2H3. The van der Waals surface area contributed by atoms with Gasteiger partial charge in [-0.25, -0.2) is 0 Å². The maximum atomic E-state index is 5.68. The molecular formula is C15H24BrNO2. The Bertz CT molecular complexity index is 358. The lowest BCUT2D eigenvalue weighted by Gasteiger charge is -2.10. The van der Waals surface area contributed by atoms with Crippen LogP contribution in [0.5, 0.6) is 5.75 Å². The van der Waals surface area contributed by atoms with Crippen molar-refractivity contribution in [1.82, 2.24) is 5.32 Å². The van der Waals surface area contributed by atoms with E-state index in [-0.39, 0.29) is 0 Å². The van der Waals surface area contributed by atoms with Gasteiger partial charge in [0.15, 0.2) is 0 Å². The highest BCUT2D eigenvalue weighted by atomic mass is 79.9. The van der Waals surface area contributed by atoms with Gasteiger partial charge in [0.1, 0.15) is 12.4 Å². The normalized spacial score (nSPS) is 10.7. The molecule has 3 nitrogen and oxygen atoms in total. The smallest absolute Gasteiger partial charge is 0.119 e. The molecule has 0 aliphatic carbocycles. The summed E-state index contributed by atoms with van der Waals surface area (Å²) in [5.41, 5.74) is 1.22. The fourth-order valence-electron chi connectivity index (χ4n) is 1.64. The van der Waals surface area contributed by atoms with Crippen LogP contribution < -0.4 is 10.1 Å². The van der Waals surface area contributed by atoms with Gasteiger partial charge in [0.05, 0.1) is 6.61 Å². The first-order valence-electron chi connectivity index (χ1n) is 6.97. The lowest BCUT2D eigenvalue weighted by molar-refractivity contribution is 0.101. The SMILES string of the molecule is CCCNCc1cc(OCCOCCC)ccc1Br. The molecule has 0 aliphatic rings. The first-order valence-corrected chi connectivity index (χ1v) is 7.77. The topological polar surface area (TPSA) is 30.5 Å². The van der Waals surface area contributed by atoms with Gasteiger partial charge in [0, 0.05) is 17.6 Å². The largest absolute Gasteiger partial charge is 0.491 e. The average Bonchev–Trinajstić information content (AvgIpc) is 2.42. The predicted molar refractivity (Wildman–Crippen MR) is 82.7 cm³/mol. The van der Waals surface area contributed by atoms with E-state index in [1.165, 1.54) is 5.56 Å². The van der Waals surface area contributed by atoms with Gasteiger partial charge >= 0.3 is 0 Å². The third-order valence-corrected chi connectivity index (χ3v) is 3.38. The van der Waals surface area contributed by atoms with Crippen molar-refractivity contribution < 1.29 is 9.47 Å². The fraction of sp³-hybridized carbons (Fsp3) is 0.600. The van der Waals surface area contributed by atoms with Gasteiger partial charge in [-0.05, 0) is 43.1 Å². The lowest BCUT2D eigenvalue weighted by Crippen LogP contribution is -2.14. The fourth-order valence-corrected chi connectivity index (χ4v) is 2.03. The Morgan fingerprint density at radius 2 is 1.95 bits per heavy atom. The number of hydrogen-bond acceptors (Lipinski definition) is 3. The quantitative estimate of drug-likeness (QED) is 0.663. The van der Waals surface area contributed by atoms with E-state index in [9.17, 15) is 0 Å². The Morgan fingerprint density at radius 1 is 1.11 bits per heavy atom. The average molecular weight is 330 g/mol. The van der Waals surface area contributed by atoms with Crippen molar-refractivity contribution in [3.05, 3.63) is 28.2 Å². The van der Waals surface area contributed by atoms with Crippen LogP contribution in [0.25, 0.3) is 0 Å². The summed E-state index contributed by atoms with van der Waals surface area (Å²) in [4.78, 5) is 0. The molecule has 1 N–H and O–H groups in total. The van der Waals surface area contributed by atoms with Crippen LogP contribution in [0.1, 0.15) is 32.3 Å². The summed E-state index contributed by atoms with van der Waals surface area (Å²) in [5.74, 6) is 0.900. The molecular weight excluding hydrogens is 306 g/mol. The van der Waals surface area contributed by atoms with Crippen LogP contribution in [0.15, 0.2) is 22.7 Å². The molecule has 0 saturated heterocycles. The molecule has 0 atom stereocenters. The molecule has 1 aromatic carbocycles. The summed E-state index contributed by atoms with van der Waals surface area (Å²) in [6.07, 6.45) is 2.19. The van der Waals surface area contributed by atoms with Crippen LogP contribution in [-0.2, 0) is 11.3 Å². The summed E-state index contributed by atoms with van der Waals surface area (Å²) in [6.45, 7) is 8.20. The van der Waals surface area contributed by atoms with Crippen molar-refractivity contribution in [3.63, 3.8) is 0 Å². The van der Waals surface area contributed by atoms with Crippen LogP contribution in [0, 0.1) is 0 Å². The molecule has 0 heterocycles. The van der Waals surface area contributed by atoms with Crippen molar-refractivity contribution in [2.75, 3.05) is 26.4 Å². The Balaban J connectivity index is 2.39. The third-order valence-electron chi connectivity index (χ3n) is 2.60. The second kappa shape index (κ2) is 10.2. The van der Waals surface area contributed by atoms with E-state index in [2.05, 4.69) is 41.2 Å². The number of ether oxygens (including phenoxy) is 2. The predicted octanol–water partition coefficient (Wildman–Crippen LogP) is 3.75. The van der Waals surface area contributed by atoms with E-state index < -0.39 is 0 Å². The van der Waals surface area contributed by atoms with Crippen molar-refractivity contribution in [1.29, 1.82) is 0 Å². The maximum Gasteiger partial charge on any atom is 0.119 e. The van der Waals surface area contributed by atoms with E-state index in [0.717, 1.165) is 42.8 Å². The van der Waals surface area contributed by atoms with E-state index in [4.69, 9.17) is 9.47 Å². The monoisotopic (exact) mass is 329 g/mol. The molecule has 1 aromatic rings. The second-order valence-corrected chi connectivity index (χ2v) is 5.25. The number of rotatable bonds is 10. The lowest BCUT2D eigenvalue weighted by atomic mass is 10.2. The Hall–Kier alpha value is -0.580. The molecule has 0 fully saturated rings. The third kappa shape index (κ3) is 6.95. The minimum atomic E-state index is 0.601. The summed E-state index contributed by atoms with van der Waals surface area (Å²) in [6, 6.07) is 6.09. The molecule has 0 spiro atoms. The molecule has 0 amide bonds. The van der Waals surface area contributed by atoms with Gasteiger partial charge in [-0.2, -0.15) is 0 Å². The number of hydrogen-bond donors (Lipinski definition) is 1. The van der Waals surface area contributed by atoms with E-state index >= 15 is 0 Å². The first kappa shape index (κ1) is 16.5. The highest BCUT2D eigenvalue weighted by Crippen LogP contribution is 2.22. The minimum Gasteiger partial charge on any atom is -0.491 e. The molecule has 0 aliphatic heterocycles. The van der Waals surface area contributed by atoms with Crippen LogP contribution in [0.2, 0.25) is 0 Å². The highest BCUT2D eigenvalue weighted by molar-refractivity contribution is 9.10. The minimum absolute atomic E-state index is 0.601. The summed E-state index contributed by atoms with van der Waals surface area (Å²) in [7, 11) is 0. The molecule has 108 valence electrons. The highest BCUT2D eigenvalue weighted by Gasteiger charge is 2.02. The molecule has 0 bridgehead atoms. The second-order valence-electron chi connectivity index (χ2n) is 4.39. The molecule has 0 aromatic heterocycles. The van der Waals surface area contributed by atoms with Crippen molar-refractivity contribution >= 4 is 15.9 Å². The van der Waals surface area contributed by atoms with Gasteiger partial charge in [0.25, 0.3) is 0 Å². The first-order chi connectivity index (χ1) is 9.27. The van der Waals surface area contributed by atoms with Crippen LogP contribution in [0.4, 0.5) is 0 Å². The molecule has 1 rings (SSSR count). The van der Waals surface area contributed by atoms with Crippen LogP contribution >= 0.6 is 15.9 Å². The Morgan fingerprint density at radius 3 is 2.68 bits per heavy atom. The number of halogens is 1. The Labute approximate surface area is 124 Å². The summed E-state index contributed by atoms with van der Waals surface area (Å²) in [5, 5.41) is 3.39. The van der Waals surface area contributed by atoms with Gasteiger partial charge < -0.3 is 14.8 Å². The zero-order chi connectivity index (χ0) is 13.9. The molecule has 0 radical (unpaired) electrons. The van der Waals surface area contributed by atoms with E-state index in [0.29, 0.717) is 13.2 Å². The van der Waals surface area contributed by atoms with Crippen molar-refractivity contribution in [2.45, 2.75) is 33.2 Å². The van der Waals surface area contributed by atoms with E-state index in [1.54, 1.807) is 0 Å². The molecule has 4 heteroatoms. The zero-order valence-electron chi connectivity index (χ0n) is 11.9. The van der Waals surface area contributed by atoms with Crippen molar-refractivity contribution in [3.8, 4) is 5.75 Å². The van der Waals surface area contributed by atoms with Crippen LogP contribution in [0.3, 0.4) is 0 Å². The van der Waals surface area contributed by atoms with Gasteiger partial charge in [-0.15, -0.1) is 0 Å². The van der Waals surface area contributed by atoms with Gasteiger partial charge in [-0.1, -0.05) is 29.8 Å². The van der Waals surface area contributed by atoms with E-state index in [1.807, 2.05) is 12.1 Å². The summed E-state index contributed by atoms with van der Waals surface area (Å²) >= 11 is 3.56. The zero-order valence-corrected chi connectivity index (χ0v) is 13.5. The maximum absolute atomic E-state index is 5.68. The van der Waals surface area contributed by atoms with Gasteiger partial charge in [-0.3, -0.25) is 0 Å². The van der Waals surface area contributed by atoms with Gasteiger partial charge in [0.2, 0.25) is 0 Å². The number of benzene rings is 1. The van der Waals surface area contributed by atoms with Crippen LogP contribution in [-0.4, -0.2) is 26.4 Å². The van der Waals surface area contributed by atoms with Crippen molar-refractivity contribution in [2.24, 2.45) is 0 Å². The Kier molecular flexibility index (Phi) is 8.88. The molecule has 19 heavy (non-hydrogen) atoms. The summed E-state index contributed by atoms with van der Waals surface area (Å²) < 4.78 is 12.2. The molecule has 0 unspecified atom stereocenters.